The van der Waals surface area contributed by atoms with Crippen molar-refractivity contribution in [3.63, 3.8) is 0 Å². The van der Waals surface area contributed by atoms with Crippen LogP contribution in [0.25, 0.3) is 22.3 Å². The molecule has 0 unspecified atom stereocenters. The second-order valence-corrected chi connectivity index (χ2v) is 8.20. The van der Waals surface area contributed by atoms with Gasteiger partial charge in [0.2, 0.25) is 0 Å². The summed E-state index contributed by atoms with van der Waals surface area (Å²) < 4.78 is 0. The van der Waals surface area contributed by atoms with Crippen LogP contribution in [0.4, 0.5) is 11.4 Å². The molecule has 4 aromatic rings. The van der Waals surface area contributed by atoms with Crippen molar-refractivity contribution < 1.29 is 0 Å². The third-order valence-electron chi connectivity index (χ3n) is 6.47. The zero-order valence-corrected chi connectivity index (χ0v) is 16.9. The monoisotopic (exact) mass is 386 g/mol. The number of nitrogens with zero attached hydrogens (tertiary/aromatic N) is 1. The molecular formula is C28H22N2. The maximum absolute atomic E-state index is 8.70. The first-order chi connectivity index (χ1) is 14.7. The lowest BCUT2D eigenvalue weighted by atomic mass is 10.0. The minimum atomic E-state index is 0.545. The fraction of sp³-hybridized carbons (Fsp3) is 0.107. The molecule has 6 rings (SSSR count). The number of anilines is 2. The molecule has 0 bridgehead atoms. The van der Waals surface area contributed by atoms with E-state index in [1.165, 1.54) is 44.5 Å². The molecule has 0 saturated heterocycles. The standard InChI is InChI=1S/C28H22N2/c1-18(29)30(27-14-6-12-23-21-10-4-2-8-19(21)16-25(23)27)28-15-7-13-24-22-11-5-3-9-20(22)17-26(24)28/h2-15,29H,16-17H2,1H3. The van der Waals surface area contributed by atoms with Crippen molar-refractivity contribution in [1.29, 1.82) is 5.41 Å². The fourth-order valence-corrected chi connectivity index (χ4v) is 5.19. The van der Waals surface area contributed by atoms with Gasteiger partial charge in [-0.15, -0.1) is 0 Å². The van der Waals surface area contributed by atoms with Gasteiger partial charge in [0, 0.05) is 12.8 Å². The van der Waals surface area contributed by atoms with Crippen LogP contribution in [0.15, 0.2) is 84.9 Å². The number of hydrogen-bond acceptors (Lipinski definition) is 1. The molecule has 2 nitrogen and oxygen atoms in total. The van der Waals surface area contributed by atoms with E-state index in [0.717, 1.165) is 24.2 Å². The summed E-state index contributed by atoms with van der Waals surface area (Å²) in [6.45, 7) is 1.89. The summed E-state index contributed by atoms with van der Waals surface area (Å²) in [6.07, 6.45) is 1.83. The van der Waals surface area contributed by atoms with Gasteiger partial charge in [0.25, 0.3) is 0 Å². The Morgan fingerprint density at radius 1 is 0.600 bits per heavy atom. The zero-order chi connectivity index (χ0) is 20.2. The van der Waals surface area contributed by atoms with E-state index in [1.807, 2.05) is 6.92 Å². The molecule has 0 aliphatic heterocycles. The molecule has 0 amide bonds. The predicted octanol–water partition coefficient (Wildman–Crippen LogP) is 6.96. The third kappa shape index (κ3) is 2.40. The van der Waals surface area contributed by atoms with Crippen LogP contribution in [0.5, 0.6) is 0 Å². The Morgan fingerprint density at radius 3 is 1.50 bits per heavy atom. The Morgan fingerprint density at radius 2 is 1.03 bits per heavy atom. The van der Waals surface area contributed by atoms with E-state index in [9.17, 15) is 0 Å². The minimum Gasteiger partial charge on any atom is -0.299 e. The van der Waals surface area contributed by atoms with Gasteiger partial charge in [-0.25, -0.2) is 0 Å². The molecule has 144 valence electrons. The van der Waals surface area contributed by atoms with E-state index in [-0.39, 0.29) is 0 Å². The van der Waals surface area contributed by atoms with E-state index >= 15 is 0 Å². The molecule has 0 fully saturated rings. The van der Waals surface area contributed by atoms with E-state index < -0.39 is 0 Å². The fourth-order valence-electron chi connectivity index (χ4n) is 5.19. The molecule has 4 aromatic carbocycles. The van der Waals surface area contributed by atoms with Crippen molar-refractivity contribution in [3.8, 4) is 22.3 Å². The zero-order valence-electron chi connectivity index (χ0n) is 16.9. The molecule has 1 N–H and O–H groups in total. The first-order valence-corrected chi connectivity index (χ1v) is 10.5. The average Bonchev–Trinajstić information content (AvgIpc) is 3.33. The van der Waals surface area contributed by atoms with Crippen LogP contribution < -0.4 is 4.90 Å². The van der Waals surface area contributed by atoms with E-state index in [2.05, 4.69) is 89.8 Å². The second-order valence-electron chi connectivity index (χ2n) is 8.20. The summed E-state index contributed by atoms with van der Waals surface area (Å²) in [7, 11) is 0. The Bertz CT molecular complexity index is 1240. The van der Waals surface area contributed by atoms with Crippen LogP contribution in [-0.4, -0.2) is 5.84 Å². The van der Waals surface area contributed by atoms with Crippen molar-refractivity contribution >= 4 is 17.2 Å². The van der Waals surface area contributed by atoms with Gasteiger partial charge in [0.15, 0.2) is 0 Å². The van der Waals surface area contributed by atoms with Crippen molar-refractivity contribution in [2.45, 2.75) is 19.8 Å². The molecule has 2 aliphatic rings. The van der Waals surface area contributed by atoms with Gasteiger partial charge >= 0.3 is 0 Å². The van der Waals surface area contributed by atoms with Crippen molar-refractivity contribution in [3.05, 3.63) is 107 Å². The first kappa shape index (κ1) is 17.2. The highest BCUT2D eigenvalue weighted by Crippen LogP contribution is 2.46. The molecular weight excluding hydrogens is 364 g/mol. The molecule has 30 heavy (non-hydrogen) atoms. The van der Waals surface area contributed by atoms with Gasteiger partial charge in [0.05, 0.1) is 11.4 Å². The van der Waals surface area contributed by atoms with Crippen LogP contribution in [0, 0.1) is 5.41 Å². The predicted molar refractivity (Wildman–Crippen MR) is 125 cm³/mol. The highest BCUT2D eigenvalue weighted by molar-refractivity contribution is 6.05. The highest BCUT2D eigenvalue weighted by Gasteiger charge is 2.28. The van der Waals surface area contributed by atoms with Crippen molar-refractivity contribution in [1.82, 2.24) is 0 Å². The van der Waals surface area contributed by atoms with Crippen LogP contribution in [-0.2, 0) is 12.8 Å². The lowest BCUT2D eigenvalue weighted by Crippen LogP contribution is -2.24. The van der Waals surface area contributed by atoms with Gasteiger partial charge in [-0.2, -0.15) is 0 Å². The molecule has 0 heterocycles. The summed E-state index contributed by atoms with van der Waals surface area (Å²) >= 11 is 0. The van der Waals surface area contributed by atoms with Crippen LogP contribution in [0.2, 0.25) is 0 Å². The van der Waals surface area contributed by atoms with Crippen molar-refractivity contribution in [2.75, 3.05) is 4.90 Å². The molecule has 0 spiro atoms. The summed E-state index contributed by atoms with van der Waals surface area (Å²) in [5.41, 5.74) is 12.9. The van der Waals surface area contributed by atoms with Crippen molar-refractivity contribution in [2.24, 2.45) is 0 Å². The summed E-state index contributed by atoms with van der Waals surface area (Å²) in [6, 6.07) is 30.4. The van der Waals surface area contributed by atoms with Gasteiger partial charge in [-0.05, 0) is 63.6 Å². The van der Waals surface area contributed by atoms with Crippen LogP contribution >= 0.6 is 0 Å². The van der Waals surface area contributed by atoms with Gasteiger partial charge in [-0.3, -0.25) is 10.3 Å². The average molecular weight is 386 g/mol. The molecule has 0 atom stereocenters. The lowest BCUT2D eigenvalue weighted by molar-refractivity contribution is 1.17. The number of rotatable bonds is 2. The molecule has 0 aromatic heterocycles. The van der Waals surface area contributed by atoms with E-state index in [4.69, 9.17) is 5.41 Å². The van der Waals surface area contributed by atoms with Gasteiger partial charge in [-0.1, -0.05) is 72.8 Å². The topological polar surface area (TPSA) is 27.1 Å². The first-order valence-electron chi connectivity index (χ1n) is 10.5. The number of amidine groups is 1. The Kier molecular flexibility index (Phi) is 3.69. The maximum atomic E-state index is 8.70. The molecule has 2 heteroatoms. The highest BCUT2D eigenvalue weighted by atomic mass is 15.2. The largest absolute Gasteiger partial charge is 0.299 e. The minimum absolute atomic E-state index is 0.545. The van der Waals surface area contributed by atoms with Crippen LogP contribution in [0.1, 0.15) is 29.2 Å². The lowest BCUT2D eigenvalue weighted by Gasteiger charge is -2.28. The molecule has 2 aliphatic carbocycles. The smallest absolute Gasteiger partial charge is 0.102 e. The Labute approximate surface area is 176 Å². The number of nitrogens with one attached hydrogen (secondary N) is 1. The second kappa shape index (κ2) is 6.43. The summed E-state index contributed by atoms with van der Waals surface area (Å²) in [5, 5.41) is 8.70. The molecule has 0 radical (unpaired) electrons. The quantitative estimate of drug-likeness (QED) is 0.253. The maximum Gasteiger partial charge on any atom is 0.102 e. The number of hydrogen-bond donors (Lipinski definition) is 1. The number of fused-ring (bicyclic) bond motifs is 6. The summed E-state index contributed by atoms with van der Waals surface area (Å²) in [4.78, 5) is 2.15. The van der Waals surface area contributed by atoms with Gasteiger partial charge < -0.3 is 0 Å². The van der Waals surface area contributed by atoms with Gasteiger partial charge in [0.1, 0.15) is 5.84 Å². The normalized spacial score (nSPS) is 12.7. The Hall–Kier alpha value is -3.65. The third-order valence-corrected chi connectivity index (χ3v) is 6.47. The summed E-state index contributed by atoms with van der Waals surface area (Å²) in [5.74, 6) is 0.545. The van der Waals surface area contributed by atoms with Crippen LogP contribution in [0.3, 0.4) is 0 Å². The molecule has 0 saturated carbocycles. The number of benzene rings is 4. The Balaban J connectivity index is 1.54. The van der Waals surface area contributed by atoms with E-state index in [1.54, 1.807) is 0 Å². The SMILES string of the molecule is CC(=N)N(c1cccc2c1Cc1ccccc1-2)c1cccc2c1Cc1ccccc1-2. The van der Waals surface area contributed by atoms with E-state index in [0.29, 0.717) is 5.84 Å².